The number of aryl methyl sites for hydroxylation is 1. The number of hydrogen-bond donors (Lipinski definition) is 2. The molecular weight excluding hydrogens is 410 g/mol. The number of sulfonamides is 1. The van der Waals surface area contributed by atoms with Crippen molar-refractivity contribution in [3.63, 3.8) is 0 Å². The van der Waals surface area contributed by atoms with Gasteiger partial charge < -0.3 is 10.6 Å². The first-order chi connectivity index (χ1) is 15.0. The van der Waals surface area contributed by atoms with Gasteiger partial charge in [0, 0.05) is 19.3 Å². The number of hydrogen-bond acceptors (Lipinski definition) is 5. The Labute approximate surface area is 184 Å². The molecule has 5 rings (SSSR count). The van der Waals surface area contributed by atoms with Crippen LogP contribution in [0.5, 0.6) is 0 Å². The van der Waals surface area contributed by atoms with Crippen LogP contribution in [0.15, 0.2) is 52.5 Å². The van der Waals surface area contributed by atoms with Gasteiger partial charge in [0.15, 0.2) is 5.82 Å². The molecule has 1 aliphatic carbocycles. The highest BCUT2D eigenvalue weighted by molar-refractivity contribution is 7.89. The third-order valence-electron chi connectivity index (χ3n) is 6.68. The van der Waals surface area contributed by atoms with Crippen LogP contribution in [0.4, 0.5) is 11.5 Å². The molecule has 8 heteroatoms. The van der Waals surface area contributed by atoms with E-state index in [2.05, 4.69) is 15.6 Å². The predicted octanol–water partition coefficient (Wildman–Crippen LogP) is 3.79. The maximum absolute atomic E-state index is 13.6. The highest BCUT2D eigenvalue weighted by Gasteiger charge is 2.47. The number of benzene rings is 1. The SMILES string of the molecule is Cc1ccccc1S(=O)(=O)N1CCC[C@@]2(C1)Nc1cccnc1NC2=NC1CCCC1. The molecule has 0 unspecified atom stereocenters. The summed E-state index contributed by atoms with van der Waals surface area (Å²) >= 11 is 0. The summed E-state index contributed by atoms with van der Waals surface area (Å²) in [6.45, 7) is 2.70. The Bertz CT molecular complexity index is 1110. The van der Waals surface area contributed by atoms with Crippen LogP contribution in [0, 0.1) is 6.92 Å². The second kappa shape index (κ2) is 7.91. The zero-order valence-electron chi connectivity index (χ0n) is 17.8. The molecule has 1 aromatic carbocycles. The lowest BCUT2D eigenvalue weighted by molar-refractivity contribution is 0.293. The lowest BCUT2D eigenvalue weighted by Crippen LogP contribution is -2.62. The fourth-order valence-corrected chi connectivity index (χ4v) is 6.79. The molecule has 1 saturated heterocycles. The minimum absolute atomic E-state index is 0.287. The normalized spacial score (nSPS) is 25.9. The van der Waals surface area contributed by atoms with Crippen LogP contribution < -0.4 is 10.6 Å². The molecule has 2 aliphatic heterocycles. The van der Waals surface area contributed by atoms with Crippen molar-refractivity contribution in [2.24, 2.45) is 4.99 Å². The third kappa shape index (κ3) is 3.72. The summed E-state index contributed by atoms with van der Waals surface area (Å²) < 4.78 is 28.7. The molecule has 0 amide bonds. The van der Waals surface area contributed by atoms with Crippen molar-refractivity contribution < 1.29 is 8.42 Å². The molecule has 164 valence electrons. The van der Waals surface area contributed by atoms with Crippen molar-refractivity contribution in [2.45, 2.75) is 61.9 Å². The molecule has 0 radical (unpaired) electrons. The average molecular weight is 440 g/mol. The topological polar surface area (TPSA) is 86.7 Å². The largest absolute Gasteiger partial charge is 0.369 e. The lowest BCUT2D eigenvalue weighted by Gasteiger charge is -2.46. The molecule has 3 heterocycles. The number of pyridine rings is 1. The van der Waals surface area contributed by atoms with Gasteiger partial charge in [-0.25, -0.2) is 13.4 Å². The Morgan fingerprint density at radius 1 is 1.13 bits per heavy atom. The van der Waals surface area contributed by atoms with Gasteiger partial charge in [-0.1, -0.05) is 31.0 Å². The summed E-state index contributed by atoms with van der Waals surface area (Å²) in [4.78, 5) is 9.94. The van der Waals surface area contributed by atoms with Crippen LogP contribution in [-0.4, -0.2) is 48.2 Å². The Hall–Kier alpha value is -2.45. The number of nitrogens with zero attached hydrogens (tertiary/aromatic N) is 3. The van der Waals surface area contributed by atoms with Crippen LogP contribution in [-0.2, 0) is 10.0 Å². The molecule has 2 fully saturated rings. The Balaban J connectivity index is 1.53. The van der Waals surface area contributed by atoms with Crippen LogP contribution in [0.25, 0.3) is 0 Å². The zero-order chi connectivity index (χ0) is 21.5. The van der Waals surface area contributed by atoms with Gasteiger partial charge in [-0.15, -0.1) is 0 Å². The average Bonchev–Trinajstić information content (AvgIpc) is 3.28. The molecule has 1 atom stereocenters. The molecule has 7 nitrogen and oxygen atoms in total. The van der Waals surface area contributed by atoms with Crippen LogP contribution in [0.2, 0.25) is 0 Å². The van der Waals surface area contributed by atoms with Gasteiger partial charge >= 0.3 is 0 Å². The van der Waals surface area contributed by atoms with Gasteiger partial charge in [-0.3, -0.25) is 4.99 Å². The van der Waals surface area contributed by atoms with Crippen molar-refractivity contribution in [2.75, 3.05) is 23.7 Å². The van der Waals surface area contributed by atoms with E-state index in [1.54, 1.807) is 22.6 Å². The first-order valence-corrected chi connectivity index (χ1v) is 12.6. The first-order valence-electron chi connectivity index (χ1n) is 11.1. The molecule has 1 saturated carbocycles. The van der Waals surface area contributed by atoms with Gasteiger partial charge in [0.2, 0.25) is 10.0 Å². The van der Waals surface area contributed by atoms with E-state index in [1.807, 2.05) is 31.2 Å². The van der Waals surface area contributed by atoms with Crippen LogP contribution in [0.1, 0.15) is 44.1 Å². The van der Waals surface area contributed by atoms with E-state index in [0.717, 1.165) is 48.6 Å². The van der Waals surface area contributed by atoms with E-state index in [9.17, 15) is 8.42 Å². The molecule has 1 spiro atoms. The van der Waals surface area contributed by atoms with Crippen LogP contribution in [0.3, 0.4) is 0 Å². The minimum atomic E-state index is -3.60. The monoisotopic (exact) mass is 439 g/mol. The standard InChI is InChI=1S/C23H29N5O2S/c1-17-8-2-5-12-20(17)31(29,30)28-15-7-13-23(16-28)22(25-18-9-3-4-10-18)26-21-19(27-23)11-6-14-24-21/h2,5-6,8,11-12,14,18,27H,3-4,7,9-10,13,15-16H2,1H3,(H,24,25,26)/t23-/m0/s1. The van der Waals surface area contributed by atoms with Gasteiger partial charge in [0.05, 0.1) is 16.6 Å². The molecule has 2 aromatic rings. The van der Waals surface area contributed by atoms with Crippen molar-refractivity contribution in [1.82, 2.24) is 9.29 Å². The number of rotatable bonds is 3. The summed E-state index contributed by atoms with van der Waals surface area (Å²) in [7, 11) is -3.60. The van der Waals surface area contributed by atoms with Gasteiger partial charge in [0.1, 0.15) is 11.4 Å². The van der Waals surface area contributed by atoms with Crippen LogP contribution >= 0.6 is 0 Å². The fraction of sp³-hybridized carbons (Fsp3) is 0.478. The van der Waals surface area contributed by atoms with Gasteiger partial charge in [-0.2, -0.15) is 4.31 Å². The molecular formula is C23H29N5O2S. The summed E-state index contributed by atoms with van der Waals surface area (Å²) in [6.07, 6.45) is 7.91. The Morgan fingerprint density at radius 2 is 1.94 bits per heavy atom. The molecule has 31 heavy (non-hydrogen) atoms. The summed E-state index contributed by atoms with van der Waals surface area (Å²) in [5.74, 6) is 1.58. The van der Waals surface area contributed by atoms with E-state index in [-0.39, 0.29) is 6.04 Å². The predicted molar refractivity (Wildman–Crippen MR) is 123 cm³/mol. The van der Waals surface area contributed by atoms with E-state index in [0.29, 0.717) is 18.0 Å². The van der Waals surface area contributed by atoms with E-state index in [1.165, 1.54) is 12.8 Å². The number of aromatic nitrogens is 1. The number of piperidine rings is 1. The number of amidine groups is 1. The van der Waals surface area contributed by atoms with Crippen molar-refractivity contribution in [3.05, 3.63) is 48.2 Å². The van der Waals surface area contributed by atoms with E-state index >= 15 is 0 Å². The first kappa shape index (κ1) is 20.5. The maximum Gasteiger partial charge on any atom is 0.243 e. The van der Waals surface area contributed by atoms with E-state index in [4.69, 9.17) is 4.99 Å². The van der Waals surface area contributed by atoms with Gasteiger partial charge in [0.25, 0.3) is 0 Å². The maximum atomic E-state index is 13.6. The molecule has 1 aromatic heterocycles. The van der Waals surface area contributed by atoms with E-state index < -0.39 is 15.6 Å². The quantitative estimate of drug-likeness (QED) is 0.760. The number of fused-ring (bicyclic) bond motifs is 1. The summed E-state index contributed by atoms with van der Waals surface area (Å²) in [5, 5.41) is 7.11. The highest BCUT2D eigenvalue weighted by atomic mass is 32.2. The van der Waals surface area contributed by atoms with Gasteiger partial charge in [-0.05, 0) is 56.4 Å². The highest BCUT2D eigenvalue weighted by Crippen LogP contribution is 2.37. The number of nitrogens with one attached hydrogen (secondary N) is 2. The smallest absolute Gasteiger partial charge is 0.243 e. The Morgan fingerprint density at radius 3 is 2.74 bits per heavy atom. The second-order valence-corrected chi connectivity index (χ2v) is 10.8. The molecule has 3 aliphatic rings. The zero-order valence-corrected chi connectivity index (χ0v) is 18.7. The summed E-state index contributed by atoms with van der Waals surface area (Å²) in [5.41, 5.74) is 1.08. The van der Waals surface area contributed by atoms with Crippen molar-refractivity contribution in [1.29, 1.82) is 0 Å². The summed E-state index contributed by atoms with van der Waals surface area (Å²) in [6, 6.07) is 11.4. The Kier molecular flexibility index (Phi) is 5.22. The van der Waals surface area contributed by atoms with Crippen molar-refractivity contribution in [3.8, 4) is 0 Å². The second-order valence-electron chi connectivity index (χ2n) is 8.86. The fourth-order valence-electron chi connectivity index (χ4n) is 5.03. The minimum Gasteiger partial charge on any atom is -0.369 e. The number of anilines is 2. The van der Waals surface area contributed by atoms with Crippen molar-refractivity contribution >= 4 is 27.4 Å². The lowest BCUT2D eigenvalue weighted by atomic mass is 9.86. The molecule has 2 N–H and O–H groups in total. The third-order valence-corrected chi connectivity index (χ3v) is 8.68. The molecule has 0 bridgehead atoms. The number of aliphatic imine (C=N–C) groups is 1.